The number of nitrogens with one attached hydrogen (secondary N) is 2. The molecule has 2 aromatic rings. The molecule has 0 bridgehead atoms. The SMILES string of the molecule is Cc1ccc(-c2nc(C)c(C(=O)NNC(=O)C3CC3)s2)o1. The lowest BCUT2D eigenvalue weighted by atomic mass is 10.4. The van der Waals surface area contributed by atoms with Crippen molar-refractivity contribution in [2.24, 2.45) is 5.92 Å². The van der Waals surface area contributed by atoms with E-state index >= 15 is 0 Å². The Kier molecular flexibility index (Phi) is 3.50. The van der Waals surface area contributed by atoms with Crippen LogP contribution in [-0.2, 0) is 4.79 Å². The maximum absolute atomic E-state index is 12.1. The molecule has 1 aliphatic carbocycles. The van der Waals surface area contributed by atoms with Crippen molar-refractivity contribution in [1.82, 2.24) is 15.8 Å². The van der Waals surface area contributed by atoms with Crippen LogP contribution in [0.4, 0.5) is 0 Å². The summed E-state index contributed by atoms with van der Waals surface area (Å²) in [6, 6.07) is 3.67. The Bertz CT molecular complexity index is 700. The minimum Gasteiger partial charge on any atom is -0.459 e. The molecular formula is C14H15N3O3S. The molecule has 6 nitrogen and oxygen atoms in total. The number of hydrogen-bond donors (Lipinski definition) is 2. The molecule has 0 unspecified atom stereocenters. The van der Waals surface area contributed by atoms with Gasteiger partial charge in [0, 0.05) is 5.92 Å². The molecular weight excluding hydrogens is 290 g/mol. The fraction of sp³-hybridized carbons (Fsp3) is 0.357. The molecule has 0 aliphatic heterocycles. The number of carbonyl (C=O) groups excluding carboxylic acids is 2. The molecule has 2 amide bonds. The molecule has 2 heterocycles. The second-order valence-electron chi connectivity index (χ2n) is 5.06. The molecule has 1 fully saturated rings. The first-order valence-corrected chi connectivity index (χ1v) is 7.50. The van der Waals surface area contributed by atoms with Crippen LogP contribution < -0.4 is 10.9 Å². The van der Waals surface area contributed by atoms with Crippen molar-refractivity contribution in [2.45, 2.75) is 26.7 Å². The molecule has 3 rings (SSSR count). The van der Waals surface area contributed by atoms with Gasteiger partial charge in [0.25, 0.3) is 5.91 Å². The second-order valence-corrected chi connectivity index (χ2v) is 6.06. The van der Waals surface area contributed by atoms with Crippen molar-refractivity contribution >= 4 is 23.2 Å². The number of nitrogens with zero attached hydrogens (tertiary/aromatic N) is 1. The Morgan fingerprint density at radius 2 is 2.05 bits per heavy atom. The van der Waals surface area contributed by atoms with Crippen molar-refractivity contribution in [1.29, 1.82) is 0 Å². The predicted octanol–water partition coefficient (Wildman–Crippen LogP) is 2.19. The van der Waals surface area contributed by atoms with Gasteiger partial charge < -0.3 is 4.42 Å². The van der Waals surface area contributed by atoms with E-state index in [4.69, 9.17) is 4.42 Å². The van der Waals surface area contributed by atoms with Gasteiger partial charge in [0.05, 0.1) is 5.69 Å². The minimum atomic E-state index is -0.353. The highest BCUT2D eigenvalue weighted by Crippen LogP contribution is 2.30. The van der Waals surface area contributed by atoms with Crippen molar-refractivity contribution < 1.29 is 14.0 Å². The first-order chi connectivity index (χ1) is 10.0. The lowest BCUT2D eigenvalue weighted by molar-refractivity contribution is -0.123. The molecule has 2 aromatic heterocycles. The predicted molar refractivity (Wildman–Crippen MR) is 77.6 cm³/mol. The number of rotatable bonds is 3. The number of carbonyl (C=O) groups is 2. The highest BCUT2D eigenvalue weighted by atomic mass is 32.1. The van der Waals surface area contributed by atoms with Crippen LogP contribution in [0.25, 0.3) is 10.8 Å². The Labute approximate surface area is 125 Å². The third-order valence-electron chi connectivity index (χ3n) is 3.20. The van der Waals surface area contributed by atoms with Gasteiger partial charge in [-0.2, -0.15) is 0 Å². The van der Waals surface area contributed by atoms with E-state index in [1.807, 2.05) is 19.1 Å². The average molecular weight is 305 g/mol. The van der Waals surface area contributed by atoms with Crippen molar-refractivity contribution in [3.63, 3.8) is 0 Å². The summed E-state index contributed by atoms with van der Waals surface area (Å²) in [4.78, 5) is 28.4. The molecule has 21 heavy (non-hydrogen) atoms. The number of thiazole rings is 1. The van der Waals surface area contributed by atoms with Gasteiger partial charge in [-0.05, 0) is 38.8 Å². The largest absolute Gasteiger partial charge is 0.459 e. The van der Waals surface area contributed by atoms with Gasteiger partial charge in [-0.25, -0.2) is 4.98 Å². The van der Waals surface area contributed by atoms with Crippen LogP contribution in [0.15, 0.2) is 16.5 Å². The van der Waals surface area contributed by atoms with E-state index in [0.717, 1.165) is 18.6 Å². The first-order valence-electron chi connectivity index (χ1n) is 6.69. The quantitative estimate of drug-likeness (QED) is 0.851. The normalized spacial score (nSPS) is 14.0. The molecule has 1 saturated carbocycles. The Morgan fingerprint density at radius 1 is 1.29 bits per heavy atom. The molecule has 2 N–H and O–H groups in total. The van der Waals surface area contributed by atoms with Gasteiger partial charge >= 0.3 is 0 Å². The van der Waals surface area contributed by atoms with Crippen LogP contribution in [0.5, 0.6) is 0 Å². The summed E-state index contributed by atoms with van der Waals surface area (Å²) in [5.74, 6) is 0.998. The lowest BCUT2D eigenvalue weighted by Gasteiger charge is -2.05. The highest BCUT2D eigenvalue weighted by molar-refractivity contribution is 7.17. The summed E-state index contributed by atoms with van der Waals surface area (Å²) < 4.78 is 5.50. The smallest absolute Gasteiger partial charge is 0.281 e. The Morgan fingerprint density at radius 3 is 2.67 bits per heavy atom. The van der Waals surface area contributed by atoms with Gasteiger partial charge in [0.1, 0.15) is 10.6 Å². The van der Waals surface area contributed by atoms with Gasteiger partial charge in [0.2, 0.25) is 5.91 Å². The van der Waals surface area contributed by atoms with E-state index < -0.39 is 0 Å². The fourth-order valence-corrected chi connectivity index (χ4v) is 2.81. The standard InChI is InChI=1S/C14H15N3O3S/c1-7-3-6-10(20-7)14-15-8(2)11(21-14)13(19)17-16-12(18)9-4-5-9/h3,6,9H,4-5H2,1-2H3,(H,16,18)(H,17,19). The Hall–Kier alpha value is -2.15. The maximum atomic E-state index is 12.1. The Balaban J connectivity index is 1.71. The zero-order chi connectivity index (χ0) is 15.0. The monoisotopic (exact) mass is 305 g/mol. The van der Waals surface area contributed by atoms with Crippen LogP contribution in [0.3, 0.4) is 0 Å². The molecule has 0 atom stereocenters. The summed E-state index contributed by atoms with van der Waals surface area (Å²) in [5, 5.41) is 0.652. The van der Waals surface area contributed by atoms with Crippen LogP contribution in [0, 0.1) is 19.8 Å². The van der Waals surface area contributed by atoms with Crippen LogP contribution in [0.1, 0.15) is 34.0 Å². The van der Waals surface area contributed by atoms with Crippen molar-refractivity contribution in [3.05, 3.63) is 28.5 Å². The van der Waals surface area contributed by atoms with Crippen LogP contribution in [-0.4, -0.2) is 16.8 Å². The van der Waals surface area contributed by atoms with Gasteiger partial charge in [0.15, 0.2) is 10.8 Å². The summed E-state index contributed by atoms with van der Waals surface area (Å²) in [7, 11) is 0. The summed E-state index contributed by atoms with van der Waals surface area (Å²) in [6.45, 7) is 3.61. The van der Waals surface area contributed by atoms with Crippen molar-refractivity contribution in [2.75, 3.05) is 0 Å². The number of amides is 2. The van der Waals surface area contributed by atoms with E-state index in [-0.39, 0.29) is 17.7 Å². The van der Waals surface area contributed by atoms with Crippen LogP contribution in [0.2, 0.25) is 0 Å². The van der Waals surface area contributed by atoms with E-state index in [1.54, 1.807) is 6.92 Å². The molecule has 0 aromatic carbocycles. The lowest BCUT2D eigenvalue weighted by Crippen LogP contribution is -2.42. The number of furan rings is 1. The number of hydrazine groups is 1. The zero-order valence-electron chi connectivity index (χ0n) is 11.7. The summed E-state index contributed by atoms with van der Waals surface area (Å²) in [5.41, 5.74) is 5.49. The van der Waals surface area contributed by atoms with E-state index in [2.05, 4.69) is 15.8 Å². The molecule has 1 aliphatic rings. The molecule has 7 heteroatoms. The maximum Gasteiger partial charge on any atom is 0.281 e. The number of aryl methyl sites for hydroxylation is 2. The summed E-state index contributed by atoms with van der Waals surface area (Å²) in [6.07, 6.45) is 1.78. The summed E-state index contributed by atoms with van der Waals surface area (Å²) >= 11 is 1.24. The number of hydrogen-bond acceptors (Lipinski definition) is 5. The minimum absolute atomic E-state index is 0.0505. The zero-order valence-corrected chi connectivity index (χ0v) is 12.5. The third-order valence-corrected chi connectivity index (χ3v) is 4.37. The van der Waals surface area contributed by atoms with Gasteiger partial charge in [-0.3, -0.25) is 20.4 Å². The van der Waals surface area contributed by atoms with E-state index in [0.29, 0.717) is 21.3 Å². The number of aromatic nitrogens is 1. The third kappa shape index (κ3) is 2.97. The molecule has 0 spiro atoms. The topological polar surface area (TPSA) is 84.2 Å². The van der Waals surface area contributed by atoms with Gasteiger partial charge in [-0.1, -0.05) is 0 Å². The molecule has 0 saturated heterocycles. The van der Waals surface area contributed by atoms with Crippen molar-refractivity contribution in [3.8, 4) is 10.8 Å². The second kappa shape index (κ2) is 5.33. The molecule has 0 radical (unpaired) electrons. The van der Waals surface area contributed by atoms with E-state index in [1.165, 1.54) is 11.3 Å². The highest BCUT2D eigenvalue weighted by Gasteiger charge is 2.30. The fourth-order valence-electron chi connectivity index (χ4n) is 1.88. The molecule has 110 valence electrons. The first kappa shape index (κ1) is 13.8. The average Bonchev–Trinajstić information content (AvgIpc) is 3.11. The van der Waals surface area contributed by atoms with Crippen LogP contribution >= 0.6 is 11.3 Å². The van der Waals surface area contributed by atoms with E-state index in [9.17, 15) is 9.59 Å². The van der Waals surface area contributed by atoms with Gasteiger partial charge in [-0.15, -0.1) is 11.3 Å².